The summed E-state index contributed by atoms with van der Waals surface area (Å²) in [6.45, 7) is 0.907. The van der Waals surface area contributed by atoms with E-state index in [9.17, 15) is 13.2 Å². The molecular weight excluding hydrogens is 291 g/mol. The number of fused-ring (bicyclic) bond motifs is 1. The largest absolute Gasteiger partial charge is 0.417 e. The first kappa shape index (κ1) is 15.1. The smallest absolute Gasteiger partial charge is 0.342 e. The van der Waals surface area contributed by atoms with Gasteiger partial charge >= 0.3 is 6.18 Å². The molecule has 0 amide bonds. The van der Waals surface area contributed by atoms with Crippen LogP contribution in [-0.4, -0.2) is 23.6 Å². The number of nitrogens with one attached hydrogen (secondary N) is 2. The van der Waals surface area contributed by atoms with Crippen LogP contribution in [0.2, 0.25) is 5.02 Å². The minimum Gasteiger partial charge on any atom is -0.342 e. The summed E-state index contributed by atoms with van der Waals surface area (Å²) >= 11 is 5.66. The number of nitrogens with zero attached hydrogens (tertiary/aromatic N) is 1. The van der Waals surface area contributed by atoms with Gasteiger partial charge in [-0.2, -0.15) is 13.2 Å². The molecule has 0 atom stereocenters. The van der Waals surface area contributed by atoms with Crippen molar-refractivity contribution in [3.8, 4) is 0 Å². The Morgan fingerprint density at radius 3 is 2.70 bits per heavy atom. The number of rotatable bonds is 5. The maximum Gasteiger partial charge on any atom is 0.417 e. The van der Waals surface area contributed by atoms with Crippen LogP contribution in [0.4, 0.5) is 13.2 Å². The van der Waals surface area contributed by atoms with E-state index in [1.165, 1.54) is 6.07 Å². The topological polar surface area (TPSA) is 40.7 Å². The number of aryl methyl sites for hydroxylation is 1. The van der Waals surface area contributed by atoms with Crippen molar-refractivity contribution < 1.29 is 13.2 Å². The van der Waals surface area contributed by atoms with Crippen LogP contribution in [0.25, 0.3) is 11.0 Å². The summed E-state index contributed by atoms with van der Waals surface area (Å²) in [6.07, 6.45) is -1.85. The number of alkyl halides is 3. The van der Waals surface area contributed by atoms with Crippen molar-refractivity contribution in [3.05, 3.63) is 28.5 Å². The minimum atomic E-state index is -4.46. The summed E-state index contributed by atoms with van der Waals surface area (Å²) in [4.78, 5) is 7.19. The monoisotopic (exact) mass is 305 g/mol. The number of imidazole rings is 1. The zero-order valence-electron chi connectivity index (χ0n) is 10.9. The maximum atomic E-state index is 12.7. The third kappa shape index (κ3) is 3.43. The van der Waals surface area contributed by atoms with E-state index in [2.05, 4.69) is 15.3 Å². The summed E-state index contributed by atoms with van der Waals surface area (Å²) in [5, 5.41) is 2.72. The fourth-order valence-electron chi connectivity index (χ4n) is 2.01. The summed E-state index contributed by atoms with van der Waals surface area (Å²) in [6, 6.07) is 2.27. The van der Waals surface area contributed by atoms with Crippen LogP contribution in [0.3, 0.4) is 0 Å². The zero-order valence-corrected chi connectivity index (χ0v) is 11.7. The van der Waals surface area contributed by atoms with Crippen molar-refractivity contribution in [1.82, 2.24) is 15.3 Å². The SMILES string of the molecule is CNCCCCc1nc2cc(Cl)c(C(F)(F)F)cc2[nH]1. The number of halogens is 4. The van der Waals surface area contributed by atoms with Crippen molar-refractivity contribution in [2.45, 2.75) is 25.4 Å². The van der Waals surface area contributed by atoms with E-state index in [0.29, 0.717) is 23.3 Å². The van der Waals surface area contributed by atoms with Crippen LogP contribution in [0, 0.1) is 0 Å². The third-order valence-corrected chi connectivity index (χ3v) is 3.33. The fourth-order valence-corrected chi connectivity index (χ4v) is 2.28. The van der Waals surface area contributed by atoms with E-state index in [-0.39, 0.29) is 5.02 Å². The van der Waals surface area contributed by atoms with Crippen LogP contribution < -0.4 is 5.32 Å². The van der Waals surface area contributed by atoms with Crippen LogP contribution in [0.15, 0.2) is 12.1 Å². The fraction of sp³-hybridized carbons (Fsp3) is 0.462. The van der Waals surface area contributed by atoms with Gasteiger partial charge in [-0.25, -0.2) is 4.98 Å². The van der Waals surface area contributed by atoms with Crippen molar-refractivity contribution in [3.63, 3.8) is 0 Å². The molecular formula is C13H15ClF3N3. The first-order valence-electron chi connectivity index (χ1n) is 6.31. The van der Waals surface area contributed by atoms with Crippen molar-refractivity contribution in [1.29, 1.82) is 0 Å². The molecule has 0 radical (unpaired) electrons. The standard InChI is InChI=1S/C13H15ClF3N3/c1-18-5-3-2-4-12-19-10-6-8(13(15,16)17)9(14)7-11(10)20-12/h6-7,18H,2-5H2,1H3,(H,19,20). The molecule has 0 spiro atoms. The van der Waals surface area contributed by atoms with E-state index in [1.807, 2.05) is 7.05 Å². The van der Waals surface area contributed by atoms with Crippen LogP contribution in [-0.2, 0) is 12.6 Å². The Morgan fingerprint density at radius 2 is 2.05 bits per heavy atom. The van der Waals surface area contributed by atoms with Crippen molar-refractivity contribution in [2.75, 3.05) is 13.6 Å². The second-order valence-electron chi connectivity index (χ2n) is 4.59. The van der Waals surface area contributed by atoms with Gasteiger partial charge in [-0.05, 0) is 38.6 Å². The van der Waals surface area contributed by atoms with E-state index in [1.54, 1.807) is 0 Å². The molecule has 2 rings (SSSR count). The Bertz CT molecular complexity index is 592. The lowest BCUT2D eigenvalue weighted by molar-refractivity contribution is -0.137. The predicted octanol–water partition coefficient (Wildman–Crippen LogP) is 3.78. The Hall–Kier alpha value is -1.27. The summed E-state index contributed by atoms with van der Waals surface area (Å²) in [5.41, 5.74) is -0.00555. The van der Waals surface area contributed by atoms with Crippen molar-refractivity contribution in [2.24, 2.45) is 0 Å². The second-order valence-corrected chi connectivity index (χ2v) is 5.00. The highest BCUT2D eigenvalue weighted by Crippen LogP contribution is 2.36. The van der Waals surface area contributed by atoms with Gasteiger partial charge in [0, 0.05) is 6.42 Å². The lowest BCUT2D eigenvalue weighted by atomic mass is 10.2. The van der Waals surface area contributed by atoms with Gasteiger partial charge in [-0.3, -0.25) is 0 Å². The molecule has 1 heterocycles. The molecule has 1 aromatic carbocycles. The average Bonchev–Trinajstić information content (AvgIpc) is 2.74. The number of unbranched alkanes of at least 4 members (excludes halogenated alkanes) is 1. The lowest BCUT2D eigenvalue weighted by Crippen LogP contribution is -2.07. The Labute approximate surface area is 119 Å². The Balaban J connectivity index is 2.21. The molecule has 0 fully saturated rings. The molecule has 20 heavy (non-hydrogen) atoms. The van der Waals surface area contributed by atoms with Gasteiger partial charge in [0.1, 0.15) is 5.82 Å². The molecule has 2 aromatic rings. The van der Waals surface area contributed by atoms with E-state index < -0.39 is 11.7 Å². The Morgan fingerprint density at radius 1 is 1.30 bits per heavy atom. The normalized spacial score (nSPS) is 12.2. The minimum absolute atomic E-state index is 0.321. The number of benzene rings is 1. The summed E-state index contributed by atoms with van der Waals surface area (Å²) in [5.74, 6) is 0.687. The second kappa shape index (κ2) is 6.01. The van der Waals surface area contributed by atoms with E-state index in [4.69, 9.17) is 11.6 Å². The molecule has 7 heteroatoms. The Kier molecular flexibility index (Phi) is 4.55. The highest BCUT2D eigenvalue weighted by molar-refractivity contribution is 6.32. The molecule has 3 nitrogen and oxygen atoms in total. The molecule has 110 valence electrons. The number of aromatic amines is 1. The number of hydrogen-bond acceptors (Lipinski definition) is 2. The quantitative estimate of drug-likeness (QED) is 0.825. The average molecular weight is 306 g/mol. The molecule has 0 aliphatic heterocycles. The van der Waals surface area contributed by atoms with Gasteiger partial charge in [0.15, 0.2) is 0 Å². The van der Waals surface area contributed by atoms with Gasteiger partial charge in [0.25, 0.3) is 0 Å². The van der Waals surface area contributed by atoms with E-state index in [0.717, 1.165) is 25.5 Å². The molecule has 0 saturated heterocycles. The van der Waals surface area contributed by atoms with Gasteiger partial charge in [0.2, 0.25) is 0 Å². The first-order chi connectivity index (χ1) is 9.41. The van der Waals surface area contributed by atoms with Crippen LogP contribution >= 0.6 is 11.6 Å². The molecule has 0 aliphatic rings. The molecule has 2 N–H and O–H groups in total. The van der Waals surface area contributed by atoms with E-state index >= 15 is 0 Å². The highest BCUT2D eigenvalue weighted by Gasteiger charge is 2.33. The van der Waals surface area contributed by atoms with Gasteiger partial charge in [-0.1, -0.05) is 11.6 Å². The zero-order chi connectivity index (χ0) is 14.8. The number of aromatic nitrogens is 2. The molecule has 0 saturated carbocycles. The highest BCUT2D eigenvalue weighted by atomic mass is 35.5. The van der Waals surface area contributed by atoms with Crippen LogP contribution in [0.5, 0.6) is 0 Å². The summed E-state index contributed by atoms with van der Waals surface area (Å²) in [7, 11) is 1.88. The first-order valence-corrected chi connectivity index (χ1v) is 6.69. The molecule has 1 aromatic heterocycles. The molecule has 0 aliphatic carbocycles. The summed E-state index contributed by atoms with van der Waals surface area (Å²) < 4.78 is 38.2. The number of H-pyrrole nitrogens is 1. The lowest BCUT2D eigenvalue weighted by Gasteiger charge is -2.07. The van der Waals surface area contributed by atoms with Crippen LogP contribution in [0.1, 0.15) is 24.2 Å². The molecule has 0 unspecified atom stereocenters. The molecule has 0 bridgehead atoms. The van der Waals surface area contributed by atoms with Crippen molar-refractivity contribution >= 4 is 22.6 Å². The van der Waals surface area contributed by atoms with Gasteiger partial charge in [0.05, 0.1) is 21.6 Å². The third-order valence-electron chi connectivity index (χ3n) is 3.02. The van der Waals surface area contributed by atoms with Gasteiger partial charge < -0.3 is 10.3 Å². The maximum absolute atomic E-state index is 12.7. The number of hydrogen-bond donors (Lipinski definition) is 2. The predicted molar refractivity (Wildman–Crippen MR) is 73.0 cm³/mol. The van der Waals surface area contributed by atoms with Gasteiger partial charge in [-0.15, -0.1) is 0 Å².